The minimum absolute atomic E-state index is 0.118. The van der Waals surface area contributed by atoms with E-state index in [9.17, 15) is 9.59 Å². The number of hydrogen-bond donors (Lipinski definition) is 2. The first-order valence-electron chi connectivity index (χ1n) is 4.28. The van der Waals surface area contributed by atoms with Crippen LogP contribution in [0.4, 0.5) is 0 Å². The van der Waals surface area contributed by atoms with Crippen LogP contribution in [0.15, 0.2) is 18.3 Å². The third-order valence-corrected chi connectivity index (χ3v) is 1.76. The lowest BCUT2D eigenvalue weighted by Crippen LogP contribution is -1.96. The van der Waals surface area contributed by atoms with Crippen LogP contribution < -0.4 is 0 Å². The number of nitrogens with one attached hydrogen (secondary N) is 1. The van der Waals surface area contributed by atoms with Gasteiger partial charge < -0.3 is 14.8 Å². The number of carboxylic acids is 1. The number of carbonyl (C=O) groups is 2. The van der Waals surface area contributed by atoms with E-state index in [0.717, 1.165) is 0 Å². The van der Waals surface area contributed by atoms with Gasteiger partial charge in [0.15, 0.2) is 0 Å². The minimum Gasteiger partial charge on any atom is -0.477 e. The molecule has 1 aromatic rings. The van der Waals surface area contributed by atoms with E-state index in [1.807, 2.05) is 0 Å². The number of rotatable bonds is 4. The number of aromatic carboxylic acids is 1. The topological polar surface area (TPSA) is 79.4 Å². The van der Waals surface area contributed by atoms with Gasteiger partial charge in [-0.25, -0.2) is 4.79 Å². The molecule has 0 saturated heterocycles. The molecule has 0 amide bonds. The Hall–Kier alpha value is -2.04. The van der Waals surface area contributed by atoms with Crippen LogP contribution in [0.5, 0.6) is 0 Å². The van der Waals surface area contributed by atoms with Crippen molar-refractivity contribution in [2.24, 2.45) is 0 Å². The summed E-state index contributed by atoms with van der Waals surface area (Å²) in [4.78, 5) is 23.8. The van der Waals surface area contributed by atoms with E-state index in [1.165, 1.54) is 13.2 Å². The molecule has 5 nitrogen and oxygen atoms in total. The van der Waals surface area contributed by atoms with Gasteiger partial charge in [0.1, 0.15) is 5.69 Å². The highest BCUT2D eigenvalue weighted by atomic mass is 16.5. The van der Waals surface area contributed by atoms with Crippen molar-refractivity contribution in [1.82, 2.24) is 4.98 Å². The van der Waals surface area contributed by atoms with Gasteiger partial charge in [0.2, 0.25) is 0 Å². The second-order valence-corrected chi connectivity index (χ2v) is 2.83. The Morgan fingerprint density at radius 3 is 2.87 bits per heavy atom. The number of H-pyrrole nitrogens is 1. The van der Waals surface area contributed by atoms with Gasteiger partial charge in [-0.3, -0.25) is 4.79 Å². The molecular formula is C10H11NO4. The molecule has 1 heterocycles. The van der Waals surface area contributed by atoms with Gasteiger partial charge in [0.25, 0.3) is 0 Å². The van der Waals surface area contributed by atoms with Gasteiger partial charge in [-0.05, 0) is 11.6 Å². The van der Waals surface area contributed by atoms with Crippen molar-refractivity contribution in [2.75, 3.05) is 7.11 Å². The van der Waals surface area contributed by atoms with E-state index in [-0.39, 0.29) is 18.1 Å². The number of esters is 1. The Bertz CT molecular complexity index is 392. The van der Waals surface area contributed by atoms with E-state index >= 15 is 0 Å². The highest BCUT2D eigenvalue weighted by molar-refractivity contribution is 5.86. The van der Waals surface area contributed by atoms with E-state index in [2.05, 4.69) is 9.72 Å². The standard InChI is InChI=1S/C10H11NO4/c1-15-9(12)4-2-3-7-5-8(10(13)14)11-6-7/h2-3,5-6,11H,4H2,1H3,(H,13,14). The van der Waals surface area contributed by atoms with Crippen LogP contribution in [0, 0.1) is 0 Å². The summed E-state index contributed by atoms with van der Waals surface area (Å²) in [5.41, 5.74) is 0.823. The first-order chi connectivity index (χ1) is 7.13. The van der Waals surface area contributed by atoms with Crippen molar-refractivity contribution in [3.8, 4) is 0 Å². The Morgan fingerprint density at radius 2 is 2.33 bits per heavy atom. The maximum atomic E-state index is 10.7. The number of carbonyl (C=O) groups excluding carboxylic acids is 1. The molecule has 0 atom stereocenters. The number of aromatic nitrogens is 1. The summed E-state index contributed by atoms with van der Waals surface area (Å²) in [6, 6.07) is 1.48. The van der Waals surface area contributed by atoms with Crippen molar-refractivity contribution in [1.29, 1.82) is 0 Å². The molecule has 0 aliphatic heterocycles. The zero-order chi connectivity index (χ0) is 11.3. The molecule has 80 valence electrons. The summed E-state index contributed by atoms with van der Waals surface area (Å²) < 4.78 is 4.44. The molecule has 0 bridgehead atoms. The first-order valence-corrected chi connectivity index (χ1v) is 4.28. The first kappa shape index (κ1) is 11.0. The lowest BCUT2D eigenvalue weighted by molar-refractivity contribution is -0.139. The van der Waals surface area contributed by atoms with E-state index in [4.69, 9.17) is 5.11 Å². The number of aromatic amines is 1. The average molecular weight is 209 g/mol. The number of hydrogen-bond acceptors (Lipinski definition) is 3. The maximum Gasteiger partial charge on any atom is 0.352 e. The zero-order valence-corrected chi connectivity index (χ0v) is 8.19. The predicted octanol–water partition coefficient (Wildman–Crippen LogP) is 1.29. The van der Waals surface area contributed by atoms with E-state index in [0.29, 0.717) is 5.56 Å². The minimum atomic E-state index is -1.01. The Labute approximate surface area is 86.4 Å². The highest BCUT2D eigenvalue weighted by Gasteiger charge is 2.03. The molecule has 2 N–H and O–H groups in total. The Morgan fingerprint density at radius 1 is 1.60 bits per heavy atom. The lowest BCUT2D eigenvalue weighted by atomic mass is 10.2. The number of ether oxygens (including phenoxy) is 1. The van der Waals surface area contributed by atoms with Crippen molar-refractivity contribution < 1.29 is 19.4 Å². The van der Waals surface area contributed by atoms with Crippen LogP contribution in [0.2, 0.25) is 0 Å². The summed E-state index contributed by atoms with van der Waals surface area (Å²) in [7, 11) is 1.31. The third-order valence-electron chi connectivity index (χ3n) is 1.76. The monoisotopic (exact) mass is 209 g/mol. The van der Waals surface area contributed by atoms with Gasteiger partial charge >= 0.3 is 11.9 Å². The summed E-state index contributed by atoms with van der Waals surface area (Å²) in [5, 5.41) is 8.62. The third kappa shape index (κ3) is 3.30. The molecular weight excluding hydrogens is 198 g/mol. The smallest absolute Gasteiger partial charge is 0.352 e. The Balaban J connectivity index is 2.57. The van der Waals surface area contributed by atoms with E-state index in [1.54, 1.807) is 18.3 Å². The summed E-state index contributed by atoms with van der Waals surface area (Å²) in [6.45, 7) is 0. The summed E-state index contributed by atoms with van der Waals surface area (Å²) in [6.07, 6.45) is 4.99. The maximum absolute atomic E-state index is 10.7. The fourth-order valence-corrected chi connectivity index (χ4v) is 1.01. The van der Waals surface area contributed by atoms with Crippen LogP contribution in [0.1, 0.15) is 22.5 Å². The van der Waals surface area contributed by atoms with Gasteiger partial charge in [-0.2, -0.15) is 0 Å². The quantitative estimate of drug-likeness (QED) is 0.732. The Kier molecular flexibility index (Phi) is 3.68. The van der Waals surface area contributed by atoms with Gasteiger partial charge in [0.05, 0.1) is 13.5 Å². The predicted molar refractivity (Wildman–Crippen MR) is 53.4 cm³/mol. The van der Waals surface area contributed by atoms with Gasteiger partial charge in [-0.15, -0.1) is 0 Å². The second-order valence-electron chi connectivity index (χ2n) is 2.83. The van der Waals surface area contributed by atoms with Crippen LogP contribution in [-0.4, -0.2) is 29.1 Å². The lowest BCUT2D eigenvalue weighted by Gasteiger charge is -1.91. The van der Waals surface area contributed by atoms with Crippen molar-refractivity contribution in [2.45, 2.75) is 6.42 Å². The van der Waals surface area contributed by atoms with Crippen LogP contribution in [-0.2, 0) is 9.53 Å². The van der Waals surface area contributed by atoms with Crippen LogP contribution in [0.25, 0.3) is 6.08 Å². The fourth-order valence-electron chi connectivity index (χ4n) is 1.01. The zero-order valence-electron chi connectivity index (χ0n) is 8.19. The van der Waals surface area contributed by atoms with E-state index < -0.39 is 5.97 Å². The van der Waals surface area contributed by atoms with Crippen LogP contribution in [0.3, 0.4) is 0 Å². The van der Waals surface area contributed by atoms with Crippen molar-refractivity contribution >= 4 is 18.0 Å². The molecule has 15 heavy (non-hydrogen) atoms. The van der Waals surface area contributed by atoms with Crippen LogP contribution >= 0.6 is 0 Å². The molecule has 0 saturated carbocycles. The second kappa shape index (κ2) is 4.99. The summed E-state index contributed by atoms with van der Waals surface area (Å²) in [5.74, 6) is -1.34. The molecule has 0 spiro atoms. The normalized spacial score (nSPS) is 10.5. The summed E-state index contributed by atoms with van der Waals surface area (Å²) >= 11 is 0. The van der Waals surface area contributed by atoms with Crippen molar-refractivity contribution in [3.63, 3.8) is 0 Å². The van der Waals surface area contributed by atoms with Gasteiger partial charge in [-0.1, -0.05) is 12.2 Å². The van der Waals surface area contributed by atoms with Crippen molar-refractivity contribution in [3.05, 3.63) is 29.6 Å². The average Bonchev–Trinajstić information content (AvgIpc) is 2.66. The number of methoxy groups -OCH3 is 1. The molecule has 1 rings (SSSR count). The molecule has 0 fully saturated rings. The number of carboxylic acid groups (broad SMARTS) is 1. The fraction of sp³-hybridized carbons (Fsp3) is 0.200. The molecule has 0 aliphatic carbocycles. The SMILES string of the molecule is COC(=O)CC=Cc1c[nH]c(C(=O)O)c1. The van der Waals surface area contributed by atoms with Gasteiger partial charge in [0, 0.05) is 6.20 Å². The molecule has 0 unspecified atom stereocenters. The largest absolute Gasteiger partial charge is 0.477 e. The molecule has 0 radical (unpaired) electrons. The molecule has 5 heteroatoms. The molecule has 0 aromatic carbocycles. The highest BCUT2D eigenvalue weighted by Crippen LogP contribution is 2.06. The molecule has 0 aliphatic rings. The molecule has 1 aromatic heterocycles.